The number of ether oxygens (including phenoxy) is 4. The van der Waals surface area contributed by atoms with Crippen LogP contribution < -0.4 is 31.6 Å². The Hall–Kier alpha value is -7.91. The van der Waals surface area contributed by atoms with E-state index in [1.165, 1.54) is 70.3 Å². The van der Waals surface area contributed by atoms with Crippen molar-refractivity contribution in [2.75, 3.05) is 50.7 Å². The van der Waals surface area contributed by atoms with Crippen molar-refractivity contribution in [3.63, 3.8) is 0 Å². The average molecular weight is 1260 g/mol. The van der Waals surface area contributed by atoms with E-state index in [4.69, 9.17) is 36.8 Å². The van der Waals surface area contributed by atoms with Crippen LogP contribution in [0.15, 0.2) is 61.2 Å². The third-order valence-electron chi connectivity index (χ3n) is 13.9. The highest BCUT2D eigenvalue weighted by atomic mass is 127. The van der Waals surface area contributed by atoms with Gasteiger partial charge in [-0.25, -0.2) is 48.3 Å². The van der Waals surface area contributed by atoms with Crippen LogP contribution >= 0.6 is 22.6 Å². The molecule has 2 unspecified atom stereocenters. The lowest BCUT2D eigenvalue weighted by Crippen LogP contribution is -2.42. The first kappa shape index (κ1) is 61.2. The maximum absolute atomic E-state index is 13.1. The summed E-state index contributed by atoms with van der Waals surface area (Å²) in [4.78, 5) is 76.9. The molecule has 83 heavy (non-hydrogen) atoms. The second-order valence-corrected chi connectivity index (χ2v) is 20.5. The smallest absolute Gasteiger partial charge is 0.410 e. The number of aliphatic hydroxyl groups is 4. The molecule has 0 saturated carbocycles. The summed E-state index contributed by atoms with van der Waals surface area (Å²) in [6, 6.07) is 10.7. The van der Waals surface area contributed by atoms with Gasteiger partial charge in [-0.15, -0.1) is 12.3 Å². The minimum Gasteiger partial charge on any atom is -0.410 e. The zero-order valence-corrected chi connectivity index (χ0v) is 47.1. The van der Waals surface area contributed by atoms with Gasteiger partial charge in [-0.1, -0.05) is 5.92 Å². The van der Waals surface area contributed by atoms with E-state index in [0.717, 1.165) is 32.1 Å². The van der Waals surface area contributed by atoms with Crippen LogP contribution in [0.2, 0.25) is 0 Å². The fraction of sp³-hybridized carbons (Fsp3) is 0.444. The molecule has 4 aliphatic rings. The molecule has 4 fully saturated rings. The van der Waals surface area contributed by atoms with Gasteiger partial charge in [-0.05, 0) is 106 Å². The molecule has 8 heterocycles. The summed E-state index contributed by atoms with van der Waals surface area (Å²) in [6.45, 7) is 6.55. The first-order valence-corrected chi connectivity index (χ1v) is 27.6. The van der Waals surface area contributed by atoms with Crippen molar-refractivity contribution in [1.29, 1.82) is 0 Å². The first-order chi connectivity index (χ1) is 39.9. The van der Waals surface area contributed by atoms with Gasteiger partial charge in [0.2, 0.25) is 5.82 Å². The van der Waals surface area contributed by atoms with Crippen molar-refractivity contribution in [3.8, 4) is 35.7 Å². The lowest BCUT2D eigenvalue weighted by Gasteiger charge is -2.30. The van der Waals surface area contributed by atoms with Crippen molar-refractivity contribution in [3.05, 3.63) is 82.5 Å². The number of nitrogens with one attached hydrogen (secondary N) is 2. The third kappa shape index (κ3) is 14.8. The number of amides is 4. The fourth-order valence-corrected chi connectivity index (χ4v) is 9.94. The number of likely N-dealkylation sites (tertiary alicyclic amines) is 2. The molecule has 440 valence electrons. The zero-order chi connectivity index (χ0) is 59.5. The second kappa shape index (κ2) is 27.9. The maximum atomic E-state index is 13.1. The van der Waals surface area contributed by atoms with E-state index in [9.17, 15) is 48.4 Å². The number of nitrogens with zero attached hydrogens (tertiary/aromatic N) is 10. The topological polar surface area (TPSA) is 356 Å². The van der Waals surface area contributed by atoms with Crippen LogP contribution in [-0.2, 0) is 19.1 Å². The van der Waals surface area contributed by atoms with Gasteiger partial charge in [0, 0.05) is 74.7 Å². The number of halogens is 3. The molecule has 0 bridgehead atoms. The lowest BCUT2D eigenvalue weighted by atomic mass is 9.94. The molecule has 4 saturated heterocycles. The molecular formula is C54H61F2IN14O12. The van der Waals surface area contributed by atoms with Crippen molar-refractivity contribution in [2.24, 2.45) is 11.8 Å². The fourth-order valence-electron chi connectivity index (χ4n) is 9.46. The molecular weight excluding hydrogens is 1200 g/mol. The number of terminal acetylenes is 1. The van der Waals surface area contributed by atoms with E-state index < -0.39 is 72.8 Å². The van der Waals surface area contributed by atoms with Gasteiger partial charge in [0.1, 0.15) is 58.6 Å². The van der Waals surface area contributed by atoms with E-state index in [2.05, 4.69) is 58.3 Å². The number of nitrogen functional groups attached to an aromatic ring is 2. The molecule has 10 rings (SSSR count). The van der Waals surface area contributed by atoms with Gasteiger partial charge < -0.3 is 71.3 Å². The molecule has 2 aromatic carbocycles. The van der Waals surface area contributed by atoms with Crippen molar-refractivity contribution in [2.45, 2.75) is 101 Å². The number of piperidine rings is 2. The zero-order valence-electron chi connectivity index (χ0n) is 44.9. The van der Waals surface area contributed by atoms with Crippen LogP contribution in [0.3, 0.4) is 0 Å². The molecule has 8 atom stereocenters. The minimum atomic E-state index is -1.45. The maximum Gasteiger partial charge on any atom is 0.415 e. The normalized spacial score (nSPS) is 22.5. The molecule has 10 N–H and O–H groups in total. The predicted molar refractivity (Wildman–Crippen MR) is 300 cm³/mol. The summed E-state index contributed by atoms with van der Waals surface area (Å²) in [7, 11) is 0. The minimum absolute atomic E-state index is 0.0827. The number of fused-ring (bicyclic) bond motifs is 2. The number of nitrogens with two attached hydrogens (primary N) is 2. The van der Waals surface area contributed by atoms with Crippen LogP contribution in [0.1, 0.15) is 70.7 Å². The Balaban J connectivity index is 0.000000180. The molecule has 26 nitrogen and oxygen atoms in total. The second-order valence-electron chi connectivity index (χ2n) is 19.5. The van der Waals surface area contributed by atoms with Crippen LogP contribution in [0.25, 0.3) is 22.3 Å². The number of hydrogen-bond acceptors (Lipinski definition) is 20. The van der Waals surface area contributed by atoms with Gasteiger partial charge in [0.05, 0.1) is 12.7 Å². The summed E-state index contributed by atoms with van der Waals surface area (Å²) in [5, 5.41) is 46.4. The summed E-state index contributed by atoms with van der Waals surface area (Å²) in [5.41, 5.74) is 13.1. The summed E-state index contributed by atoms with van der Waals surface area (Å²) in [5.74, 6) is 8.69. The number of hydrogen-bond donors (Lipinski definition) is 8. The summed E-state index contributed by atoms with van der Waals surface area (Å²) in [6.07, 6.45) is 1.64. The Morgan fingerprint density at radius 1 is 0.663 bits per heavy atom. The van der Waals surface area contributed by atoms with Crippen LogP contribution in [0.5, 0.6) is 11.5 Å². The molecule has 6 aromatic rings. The highest BCUT2D eigenvalue weighted by molar-refractivity contribution is 14.1. The van der Waals surface area contributed by atoms with Crippen molar-refractivity contribution >= 4 is 80.6 Å². The van der Waals surface area contributed by atoms with Crippen LogP contribution in [0, 0.1) is 51.5 Å². The van der Waals surface area contributed by atoms with Crippen LogP contribution in [0.4, 0.5) is 30.0 Å². The Bertz CT molecular complexity index is 3360. The Morgan fingerprint density at radius 2 is 1.08 bits per heavy atom. The van der Waals surface area contributed by atoms with Gasteiger partial charge in [0.15, 0.2) is 51.4 Å². The number of imidazole rings is 2. The van der Waals surface area contributed by atoms with Crippen LogP contribution in [-0.4, -0.2) is 169 Å². The average Bonchev–Trinajstić information content (AvgIpc) is 3.00. The third-order valence-corrected chi connectivity index (χ3v) is 14.4. The monoisotopic (exact) mass is 1260 g/mol. The molecule has 4 aromatic heterocycles. The van der Waals surface area contributed by atoms with Gasteiger partial charge >= 0.3 is 12.2 Å². The number of carbonyl (C=O) groups is 4. The SMILES string of the molecule is C#CCC1CCN(C(=O)Oc2ccc(F)cc2)CC1.CCNC(=O)[C@H]1O[C@@H](n2cnc3c(N)nc(C#CCC4CCN(C(=O)Oc5ccc(F)cc5)CC4)nc32)[C@@H](O)C1O.CCNC(=O)[C@H]1O[C@@H](n2cnc3c(N)nc(I)nc32)[C@@H](O)C1O. The molecule has 0 radical (unpaired) electrons. The highest BCUT2D eigenvalue weighted by Crippen LogP contribution is 2.34. The molecule has 4 amide bonds. The Morgan fingerprint density at radius 3 is 1.52 bits per heavy atom. The number of likely N-dealkylation sites (N-methyl/N-ethyl adjacent to an activating group) is 2. The first-order valence-electron chi connectivity index (χ1n) is 26.5. The largest absolute Gasteiger partial charge is 0.415 e. The van der Waals surface area contributed by atoms with Crippen molar-refractivity contribution < 1.29 is 67.3 Å². The number of benzene rings is 2. The molecule has 29 heteroatoms. The molecule has 0 spiro atoms. The van der Waals surface area contributed by atoms with Gasteiger partial charge in [-0.3, -0.25) is 18.7 Å². The van der Waals surface area contributed by atoms with Crippen molar-refractivity contribution in [1.82, 2.24) is 59.5 Å². The Kier molecular flexibility index (Phi) is 20.6. The standard InChI is InChI=1S/C27H30FN7O6.C15H16FNO2.C12H15IN6O4/c1-2-30-25(38)22-20(36)21(37)26(41-22)35-14-31-19-23(29)32-18(33-24(19)35)5-3-4-15-10-12-34(13-11-15)27(39)40-17-8-6-16(28)7-9-17;1-2-3-12-8-10-17(11-9-12)15(18)19-14-6-4-13(16)5-7-14;1-2-15-10(22)7-5(20)6(21)11(23-7)19-3-16-4-8(14)17-12(13)18-9(4)19/h6-9,14-15,20-22,26,36-37H,2,4,10-13H2,1H3,(H,30,38)(H2,29,32,33);1,4-7,12H,3,8-11H2;3,5-7,11,20-21H,2H2,1H3,(H,15,22)(H2,14,17,18)/t20?,21-,22-,26+;;5?,6-,7-,11+/m0.0/s1. The van der Waals surface area contributed by atoms with E-state index in [0.29, 0.717) is 72.4 Å². The van der Waals surface area contributed by atoms with E-state index in [-0.39, 0.29) is 52.2 Å². The van der Waals surface area contributed by atoms with Gasteiger partial charge in [-0.2, -0.15) is 0 Å². The lowest BCUT2D eigenvalue weighted by molar-refractivity contribution is -0.138. The van der Waals surface area contributed by atoms with E-state index in [1.54, 1.807) is 23.6 Å². The number of carbonyl (C=O) groups excluding carboxylic acids is 4. The number of anilines is 2. The highest BCUT2D eigenvalue weighted by Gasteiger charge is 2.49. The number of rotatable bonds is 10. The molecule has 4 aliphatic heterocycles. The number of aliphatic hydroxyl groups excluding tert-OH is 4. The van der Waals surface area contributed by atoms with E-state index in [1.807, 2.05) is 22.6 Å². The number of aromatic nitrogens is 8. The summed E-state index contributed by atoms with van der Waals surface area (Å²) >= 11 is 1.91. The Labute approximate surface area is 487 Å². The quantitative estimate of drug-likeness (QED) is 0.0555. The predicted octanol–water partition coefficient (Wildman–Crippen LogP) is 2.78. The van der Waals surface area contributed by atoms with E-state index >= 15 is 0 Å². The molecule has 0 aliphatic carbocycles. The summed E-state index contributed by atoms with van der Waals surface area (Å²) < 4.78 is 50.7. The van der Waals surface area contributed by atoms with Gasteiger partial charge in [0.25, 0.3) is 11.8 Å².